The Kier molecular flexibility index (Phi) is 8.79. The third kappa shape index (κ3) is 5.66. The fourth-order valence-corrected chi connectivity index (χ4v) is 12.3. The Labute approximate surface area is 282 Å². The first-order chi connectivity index (χ1) is 22.1. The van der Waals surface area contributed by atoms with Crippen molar-refractivity contribution in [1.82, 2.24) is 9.88 Å². The zero-order valence-electron chi connectivity index (χ0n) is 30.0. The molecule has 1 aromatic rings. The summed E-state index contributed by atoms with van der Waals surface area (Å²) in [5.41, 5.74) is -0.0853. The van der Waals surface area contributed by atoms with E-state index in [-0.39, 0.29) is 40.7 Å². The molecule has 2 saturated heterocycles. The SMILES string of the molecule is CC1CC(C(O)C(C)(C)O)OC2C1CCCC13CC14CCC(OC1CN(Cc5cocn5)CCO1)C(C)(C)C4CCC3C(C)(C)C2O. The quantitative estimate of drug-likeness (QED) is 0.362. The molecule has 1 aromatic heterocycles. The summed E-state index contributed by atoms with van der Waals surface area (Å²) in [5, 5.41) is 34.0. The van der Waals surface area contributed by atoms with Crippen molar-refractivity contribution in [2.24, 2.45) is 45.3 Å². The van der Waals surface area contributed by atoms with Gasteiger partial charge in [0.05, 0.1) is 48.9 Å². The Morgan fingerprint density at radius 1 is 1.06 bits per heavy atom. The van der Waals surface area contributed by atoms with Gasteiger partial charge in [0.25, 0.3) is 0 Å². The van der Waals surface area contributed by atoms with E-state index in [4.69, 9.17) is 18.6 Å². The Morgan fingerprint density at radius 2 is 1.79 bits per heavy atom. The van der Waals surface area contributed by atoms with E-state index in [0.29, 0.717) is 36.2 Å². The number of oxazole rings is 1. The molecule has 3 heterocycles. The van der Waals surface area contributed by atoms with Crippen LogP contribution in [0.4, 0.5) is 0 Å². The van der Waals surface area contributed by atoms with Gasteiger partial charge in [0.15, 0.2) is 12.7 Å². The fourth-order valence-electron chi connectivity index (χ4n) is 12.3. The third-order valence-corrected chi connectivity index (χ3v) is 14.8. The number of aliphatic hydroxyl groups is 3. The third-order valence-electron chi connectivity index (χ3n) is 14.8. The summed E-state index contributed by atoms with van der Waals surface area (Å²) in [7, 11) is 0. The summed E-state index contributed by atoms with van der Waals surface area (Å²) in [6.07, 6.45) is 10.6. The van der Waals surface area contributed by atoms with Gasteiger partial charge in [-0.3, -0.25) is 4.90 Å². The van der Waals surface area contributed by atoms with Gasteiger partial charge in [0, 0.05) is 13.1 Å². The standard InChI is InChI=1S/C38H62N2O7/c1-23-17-26(32(41)36(6,7)43)46-31-25(23)9-8-13-37-21-38(37)14-12-29(34(2,3)27(38)10-11-28(37)35(4,5)33(31)42)47-30-19-40(15-16-45-30)18-24-20-44-22-39-24/h20,22-23,25-33,41-43H,8-19,21H2,1-7H3. The summed E-state index contributed by atoms with van der Waals surface area (Å²) in [6, 6.07) is 0. The van der Waals surface area contributed by atoms with Crippen molar-refractivity contribution in [2.75, 3.05) is 19.7 Å². The molecule has 2 aliphatic heterocycles. The zero-order valence-corrected chi connectivity index (χ0v) is 30.0. The molecule has 4 saturated carbocycles. The van der Waals surface area contributed by atoms with Gasteiger partial charge in [0.2, 0.25) is 0 Å². The molecule has 7 rings (SSSR count). The van der Waals surface area contributed by atoms with E-state index < -0.39 is 23.9 Å². The number of ether oxygens (including phenoxy) is 3. The highest BCUT2D eigenvalue weighted by Crippen LogP contribution is 2.85. The van der Waals surface area contributed by atoms with Crippen molar-refractivity contribution in [1.29, 1.82) is 0 Å². The van der Waals surface area contributed by atoms with Crippen LogP contribution in [0.1, 0.15) is 112 Å². The van der Waals surface area contributed by atoms with Crippen LogP contribution in [0.3, 0.4) is 0 Å². The van der Waals surface area contributed by atoms with E-state index in [2.05, 4.69) is 44.5 Å². The first kappa shape index (κ1) is 34.4. The smallest absolute Gasteiger partial charge is 0.180 e. The van der Waals surface area contributed by atoms with Gasteiger partial charge in [-0.2, -0.15) is 0 Å². The molecule has 0 radical (unpaired) electrons. The van der Waals surface area contributed by atoms with Gasteiger partial charge in [-0.25, -0.2) is 4.98 Å². The Bertz CT molecular complexity index is 1250. The monoisotopic (exact) mass is 658 g/mol. The topological polar surface area (TPSA) is 118 Å². The van der Waals surface area contributed by atoms with Crippen LogP contribution >= 0.6 is 0 Å². The minimum Gasteiger partial charge on any atom is -0.451 e. The molecular weight excluding hydrogens is 596 g/mol. The predicted molar refractivity (Wildman–Crippen MR) is 177 cm³/mol. The predicted octanol–water partition coefficient (Wildman–Crippen LogP) is 5.55. The normalized spacial score (nSPS) is 45.6. The Balaban J connectivity index is 1.08. The fraction of sp³-hybridized carbons (Fsp3) is 0.921. The molecule has 9 nitrogen and oxygen atoms in total. The zero-order chi connectivity index (χ0) is 33.6. The maximum Gasteiger partial charge on any atom is 0.180 e. The van der Waals surface area contributed by atoms with Crippen LogP contribution in [0.25, 0.3) is 0 Å². The van der Waals surface area contributed by atoms with E-state index >= 15 is 0 Å². The molecule has 6 aliphatic rings. The molecule has 12 atom stereocenters. The molecule has 4 aliphatic carbocycles. The summed E-state index contributed by atoms with van der Waals surface area (Å²) in [4.78, 5) is 6.66. The highest BCUT2D eigenvalue weighted by molar-refractivity contribution is 5.27. The first-order valence-electron chi connectivity index (χ1n) is 18.7. The van der Waals surface area contributed by atoms with Crippen LogP contribution in [-0.2, 0) is 20.8 Å². The molecule has 0 amide bonds. The van der Waals surface area contributed by atoms with Crippen molar-refractivity contribution < 1.29 is 33.9 Å². The lowest BCUT2D eigenvalue weighted by atomic mass is 9.48. The van der Waals surface area contributed by atoms with E-state index in [1.165, 1.54) is 25.7 Å². The van der Waals surface area contributed by atoms with Crippen LogP contribution in [0.5, 0.6) is 0 Å². The molecule has 0 aromatic carbocycles. The van der Waals surface area contributed by atoms with E-state index in [0.717, 1.165) is 57.4 Å². The lowest BCUT2D eigenvalue weighted by Crippen LogP contribution is -2.59. The number of morpholine rings is 1. The van der Waals surface area contributed by atoms with Gasteiger partial charge >= 0.3 is 0 Å². The summed E-state index contributed by atoms with van der Waals surface area (Å²) < 4.78 is 24.9. The van der Waals surface area contributed by atoms with Gasteiger partial charge in [-0.15, -0.1) is 0 Å². The van der Waals surface area contributed by atoms with Gasteiger partial charge < -0.3 is 33.9 Å². The number of nitrogens with zero attached hydrogens (tertiary/aromatic N) is 2. The number of rotatable bonds is 6. The number of fused-ring (bicyclic) bond motifs is 1. The first-order valence-corrected chi connectivity index (χ1v) is 18.7. The largest absolute Gasteiger partial charge is 0.451 e. The summed E-state index contributed by atoms with van der Waals surface area (Å²) in [6.45, 7) is 18.1. The van der Waals surface area contributed by atoms with Crippen molar-refractivity contribution >= 4 is 0 Å². The second kappa shape index (κ2) is 12.0. The number of aromatic nitrogens is 1. The second-order valence-corrected chi connectivity index (χ2v) is 18.4. The summed E-state index contributed by atoms with van der Waals surface area (Å²) >= 11 is 0. The minimum absolute atomic E-state index is 0.0255. The second-order valence-electron chi connectivity index (χ2n) is 18.4. The van der Waals surface area contributed by atoms with Crippen LogP contribution < -0.4 is 0 Å². The maximum atomic E-state index is 12.4. The van der Waals surface area contributed by atoms with Gasteiger partial charge in [-0.05, 0) is 111 Å². The van der Waals surface area contributed by atoms with Crippen LogP contribution in [0.15, 0.2) is 17.1 Å². The number of hydrogen-bond acceptors (Lipinski definition) is 9. The number of aliphatic hydroxyl groups excluding tert-OH is 2. The minimum atomic E-state index is -1.26. The van der Waals surface area contributed by atoms with Crippen molar-refractivity contribution in [2.45, 2.75) is 155 Å². The molecule has 266 valence electrons. The van der Waals surface area contributed by atoms with E-state index in [1.807, 2.05) is 0 Å². The van der Waals surface area contributed by atoms with Crippen LogP contribution in [0.2, 0.25) is 0 Å². The molecule has 3 N–H and O–H groups in total. The Morgan fingerprint density at radius 3 is 2.49 bits per heavy atom. The van der Waals surface area contributed by atoms with Crippen LogP contribution in [-0.4, -0.2) is 87.3 Å². The van der Waals surface area contributed by atoms with Crippen molar-refractivity contribution in [3.05, 3.63) is 18.4 Å². The summed E-state index contributed by atoms with van der Waals surface area (Å²) in [5.74, 6) is 1.55. The molecule has 47 heavy (non-hydrogen) atoms. The molecule has 9 heteroatoms. The molecule has 0 bridgehead atoms. The van der Waals surface area contributed by atoms with Gasteiger partial charge in [-0.1, -0.05) is 41.0 Å². The molecule has 6 fully saturated rings. The highest BCUT2D eigenvalue weighted by Gasteiger charge is 2.79. The number of hydrogen-bond donors (Lipinski definition) is 3. The molecule has 2 spiro atoms. The Hall–Kier alpha value is -1.07. The lowest BCUT2D eigenvalue weighted by molar-refractivity contribution is -0.247. The molecule has 12 unspecified atom stereocenters. The van der Waals surface area contributed by atoms with E-state index in [9.17, 15) is 15.3 Å². The van der Waals surface area contributed by atoms with Gasteiger partial charge in [0.1, 0.15) is 12.4 Å². The van der Waals surface area contributed by atoms with Crippen molar-refractivity contribution in [3.8, 4) is 0 Å². The van der Waals surface area contributed by atoms with E-state index in [1.54, 1.807) is 20.1 Å². The molecular formula is C38H62N2O7. The average molecular weight is 659 g/mol. The van der Waals surface area contributed by atoms with Crippen LogP contribution in [0, 0.1) is 45.3 Å². The lowest BCUT2D eigenvalue weighted by Gasteiger charge is -2.58. The highest BCUT2D eigenvalue weighted by atomic mass is 16.7. The maximum absolute atomic E-state index is 12.4. The average Bonchev–Trinajstić information content (AvgIpc) is 3.37. The van der Waals surface area contributed by atoms with Crippen molar-refractivity contribution in [3.63, 3.8) is 0 Å².